The Bertz CT molecular complexity index is 538. The minimum absolute atomic E-state index is 0.103. The molecule has 2 saturated heterocycles. The maximum absolute atomic E-state index is 12.7. The molecule has 3 rings (SSSR count). The number of rotatable bonds is 3. The largest absolute Gasteiger partial charge is 0.401 e. The van der Waals surface area contributed by atoms with Gasteiger partial charge in [0.25, 0.3) is 0 Å². The third-order valence-electron chi connectivity index (χ3n) is 4.99. The Morgan fingerprint density at radius 2 is 1.92 bits per heavy atom. The molecule has 1 unspecified atom stereocenters. The highest BCUT2D eigenvalue weighted by Crippen LogP contribution is 2.27. The van der Waals surface area contributed by atoms with Crippen molar-refractivity contribution in [3.05, 3.63) is 18.7 Å². The van der Waals surface area contributed by atoms with Crippen molar-refractivity contribution in [1.29, 1.82) is 0 Å². The second-order valence-electron chi connectivity index (χ2n) is 6.76. The number of aromatic nitrogens is 2. The average molecular weight is 344 g/mol. The average Bonchev–Trinajstić information content (AvgIpc) is 3.08. The third kappa shape index (κ3) is 4.28. The Morgan fingerprint density at radius 3 is 2.54 bits per heavy atom. The van der Waals surface area contributed by atoms with Gasteiger partial charge in [0.1, 0.15) is 0 Å². The summed E-state index contributed by atoms with van der Waals surface area (Å²) in [6.45, 7) is 1.22. The van der Waals surface area contributed by atoms with Crippen LogP contribution in [0, 0.1) is 5.92 Å². The highest BCUT2D eigenvalue weighted by Gasteiger charge is 2.35. The van der Waals surface area contributed by atoms with Gasteiger partial charge in [0.2, 0.25) is 5.91 Å². The summed E-state index contributed by atoms with van der Waals surface area (Å²) in [4.78, 5) is 20.1. The molecule has 5 nitrogen and oxygen atoms in total. The van der Waals surface area contributed by atoms with Crippen molar-refractivity contribution >= 4 is 5.91 Å². The van der Waals surface area contributed by atoms with Gasteiger partial charge in [-0.3, -0.25) is 9.69 Å². The number of amides is 1. The quantitative estimate of drug-likeness (QED) is 0.845. The molecule has 2 fully saturated rings. The van der Waals surface area contributed by atoms with Gasteiger partial charge in [-0.2, -0.15) is 13.2 Å². The van der Waals surface area contributed by atoms with Crippen LogP contribution in [-0.4, -0.2) is 64.2 Å². The zero-order valence-corrected chi connectivity index (χ0v) is 13.6. The van der Waals surface area contributed by atoms with Gasteiger partial charge in [-0.05, 0) is 38.8 Å². The van der Waals surface area contributed by atoms with Crippen LogP contribution in [-0.2, 0) is 4.79 Å². The minimum atomic E-state index is -4.16. The van der Waals surface area contributed by atoms with E-state index in [1.807, 2.05) is 15.7 Å². The first kappa shape index (κ1) is 17.3. The Balaban J connectivity index is 1.52. The summed E-state index contributed by atoms with van der Waals surface area (Å²) in [7, 11) is 0. The van der Waals surface area contributed by atoms with Gasteiger partial charge < -0.3 is 9.47 Å². The van der Waals surface area contributed by atoms with Gasteiger partial charge >= 0.3 is 6.18 Å². The maximum atomic E-state index is 12.7. The van der Waals surface area contributed by atoms with E-state index in [1.165, 1.54) is 4.90 Å². The van der Waals surface area contributed by atoms with Crippen molar-refractivity contribution < 1.29 is 18.0 Å². The van der Waals surface area contributed by atoms with Crippen molar-refractivity contribution in [2.24, 2.45) is 5.92 Å². The van der Waals surface area contributed by atoms with E-state index >= 15 is 0 Å². The lowest BCUT2D eigenvalue weighted by Gasteiger charge is -2.38. The number of imidazole rings is 1. The molecule has 2 aliphatic heterocycles. The molecule has 1 atom stereocenters. The summed E-state index contributed by atoms with van der Waals surface area (Å²) < 4.78 is 39.4. The van der Waals surface area contributed by atoms with Crippen LogP contribution < -0.4 is 0 Å². The number of halogens is 3. The lowest BCUT2D eigenvalue weighted by molar-refractivity contribution is -0.151. The van der Waals surface area contributed by atoms with E-state index < -0.39 is 12.7 Å². The zero-order chi connectivity index (χ0) is 17.2. The van der Waals surface area contributed by atoms with Crippen molar-refractivity contribution in [1.82, 2.24) is 19.4 Å². The number of carbonyl (C=O) groups excluding carboxylic acids is 1. The van der Waals surface area contributed by atoms with Crippen LogP contribution in [0.3, 0.4) is 0 Å². The third-order valence-corrected chi connectivity index (χ3v) is 4.99. The first-order valence-electron chi connectivity index (χ1n) is 8.48. The number of hydrogen-bond donors (Lipinski definition) is 0. The van der Waals surface area contributed by atoms with Crippen LogP contribution in [0.15, 0.2) is 18.7 Å². The van der Waals surface area contributed by atoms with Gasteiger partial charge in [-0.1, -0.05) is 0 Å². The molecule has 0 spiro atoms. The second kappa shape index (κ2) is 7.13. The summed E-state index contributed by atoms with van der Waals surface area (Å²) in [5.41, 5.74) is 0. The first-order chi connectivity index (χ1) is 11.4. The lowest BCUT2D eigenvalue weighted by atomic mass is 9.93. The topological polar surface area (TPSA) is 41.4 Å². The summed E-state index contributed by atoms with van der Waals surface area (Å²) in [6, 6.07) is 0.246. The fourth-order valence-electron chi connectivity index (χ4n) is 3.73. The van der Waals surface area contributed by atoms with E-state index in [0.717, 1.165) is 19.4 Å². The van der Waals surface area contributed by atoms with Crippen molar-refractivity contribution in [3.8, 4) is 0 Å². The molecule has 0 N–H and O–H groups in total. The normalized spacial score (nSPS) is 24.3. The number of carbonyl (C=O) groups is 1. The molecule has 0 aliphatic carbocycles. The molecular weight excluding hydrogens is 321 g/mol. The van der Waals surface area contributed by atoms with E-state index in [2.05, 4.69) is 4.98 Å². The molecule has 1 aromatic rings. The molecule has 0 bridgehead atoms. The van der Waals surface area contributed by atoms with Crippen LogP contribution in [0.2, 0.25) is 0 Å². The van der Waals surface area contributed by atoms with Gasteiger partial charge in [-0.25, -0.2) is 4.98 Å². The molecular formula is C16H23F3N4O. The summed E-state index contributed by atoms with van der Waals surface area (Å²) in [5.74, 6) is -0.0394. The van der Waals surface area contributed by atoms with Gasteiger partial charge in [0.05, 0.1) is 18.9 Å². The van der Waals surface area contributed by atoms with Gasteiger partial charge in [0.15, 0.2) is 0 Å². The second-order valence-corrected chi connectivity index (χ2v) is 6.76. The molecule has 0 aromatic carbocycles. The first-order valence-corrected chi connectivity index (χ1v) is 8.48. The van der Waals surface area contributed by atoms with Gasteiger partial charge in [0, 0.05) is 31.4 Å². The fraction of sp³-hybridized carbons (Fsp3) is 0.750. The SMILES string of the molecule is O=C(C1CCN(CC(F)(F)F)CC1)N1CCCC(n2ccnc2)C1. The maximum Gasteiger partial charge on any atom is 0.401 e. The molecule has 1 aromatic heterocycles. The smallest absolute Gasteiger partial charge is 0.340 e. The molecule has 0 radical (unpaired) electrons. The van der Waals surface area contributed by atoms with Crippen LogP contribution >= 0.6 is 0 Å². The molecule has 24 heavy (non-hydrogen) atoms. The monoisotopic (exact) mass is 344 g/mol. The Kier molecular flexibility index (Phi) is 5.12. The van der Waals surface area contributed by atoms with Crippen LogP contribution in [0.25, 0.3) is 0 Å². The van der Waals surface area contributed by atoms with E-state index in [-0.39, 0.29) is 17.9 Å². The fourth-order valence-corrected chi connectivity index (χ4v) is 3.73. The number of piperidine rings is 2. The molecule has 1 amide bonds. The summed E-state index contributed by atoms with van der Waals surface area (Å²) >= 11 is 0. The zero-order valence-electron chi connectivity index (χ0n) is 13.6. The van der Waals surface area contributed by atoms with E-state index in [9.17, 15) is 18.0 Å². The summed E-state index contributed by atoms with van der Waals surface area (Å²) in [5, 5.41) is 0. The van der Waals surface area contributed by atoms with E-state index in [4.69, 9.17) is 0 Å². The van der Waals surface area contributed by atoms with Crippen molar-refractivity contribution in [2.45, 2.75) is 37.9 Å². The minimum Gasteiger partial charge on any atom is -0.340 e. The number of likely N-dealkylation sites (tertiary alicyclic amines) is 2. The Morgan fingerprint density at radius 1 is 1.17 bits per heavy atom. The van der Waals surface area contributed by atoms with Crippen LogP contribution in [0.4, 0.5) is 13.2 Å². The Labute approximate surface area is 139 Å². The number of alkyl halides is 3. The molecule has 0 saturated carbocycles. The molecule has 134 valence electrons. The van der Waals surface area contributed by atoms with Crippen LogP contribution in [0.5, 0.6) is 0 Å². The van der Waals surface area contributed by atoms with Gasteiger partial charge in [-0.15, -0.1) is 0 Å². The van der Waals surface area contributed by atoms with Crippen LogP contribution in [0.1, 0.15) is 31.7 Å². The molecule has 8 heteroatoms. The predicted molar refractivity (Wildman–Crippen MR) is 82.3 cm³/mol. The Hall–Kier alpha value is -1.57. The number of hydrogen-bond acceptors (Lipinski definition) is 3. The highest BCUT2D eigenvalue weighted by atomic mass is 19.4. The predicted octanol–water partition coefficient (Wildman–Crippen LogP) is 2.32. The van der Waals surface area contributed by atoms with E-state index in [1.54, 1.807) is 12.5 Å². The highest BCUT2D eigenvalue weighted by molar-refractivity contribution is 5.79. The number of nitrogens with zero attached hydrogens (tertiary/aromatic N) is 4. The van der Waals surface area contributed by atoms with E-state index in [0.29, 0.717) is 32.5 Å². The summed E-state index contributed by atoms with van der Waals surface area (Å²) in [6.07, 6.45) is 4.25. The lowest BCUT2D eigenvalue weighted by Crippen LogP contribution is -2.47. The van der Waals surface area contributed by atoms with Crippen molar-refractivity contribution in [2.75, 3.05) is 32.7 Å². The molecule has 2 aliphatic rings. The van der Waals surface area contributed by atoms with Crippen molar-refractivity contribution in [3.63, 3.8) is 0 Å². The molecule has 3 heterocycles. The standard InChI is InChI=1S/C16H23F3N4O/c17-16(18,19)11-21-7-3-13(4-8-21)15(24)22-6-1-2-14(10-22)23-9-5-20-12-23/h5,9,12-14H,1-4,6-8,10-11H2.